The number of carboxylic acid groups (broad SMARTS) is 1. The molecule has 2 N–H and O–H groups in total. The second-order valence-electron chi connectivity index (χ2n) is 4.43. The van der Waals surface area contributed by atoms with Crippen LogP contribution >= 0.6 is 0 Å². The van der Waals surface area contributed by atoms with Gasteiger partial charge in [0.2, 0.25) is 0 Å². The van der Waals surface area contributed by atoms with Gasteiger partial charge in [0.1, 0.15) is 0 Å². The predicted molar refractivity (Wildman–Crippen MR) is 64.0 cm³/mol. The van der Waals surface area contributed by atoms with Gasteiger partial charge in [0.25, 0.3) is 0 Å². The van der Waals surface area contributed by atoms with Crippen molar-refractivity contribution in [1.82, 2.24) is 0 Å². The largest absolute Gasteiger partial charge is 0.478 e. The van der Waals surface area contributed by atoms with Crippen molar-refractivity contribution in [3.05, 3.63) is 29.3 Å². The second-order valence-corrected chi connectivity index (χ2v) is 4.43. The first-order valence-electron chi connectivity index (χ1n) is 5.78. The molecule has 0 radical (unpaired) electrons. The Morgan fingerprint density at radius 3 is 2.69 bits per heavy atom. The number of hydrogen-bond acceptors (Lipinski definition) is 2. The Bertz CT molecular complexity index is 395. The van der Waals surface area contributed by atoms with Crippen LogP contribution in [0.5, 0.6) is 0 Å². The Balaban J connectivity index is 2.25. The molecular weight excluding hydrogens is 202 g/mol. The van der Waals surface area contributed by atoms with Crippen molar-refractivity contribution >= 4 is 11.7 Å². The average molecular weight is 219 g/mol. The number of aryl methyl sites for hydroxylation is 1. The van der Waals surface area contributed by atoms with E-state index >= 15 is 0 Å². The zero-order chi connectivity index (χ0) is 11.5. The molecule has 1 aromatic carbocycles. The number of rotatable bonds is 3. The lowest BCUT2D eigenvalue weighted by atomic mass is 10.1. The molecule has 86 valence electrons. The fourth-order valence-corrected chi connectivity index (χ4v) is 2.36. The summed E-state index contributed by atoms with van der Waals surface area (Å²) in [7, 11) is 0. The Kier molecular flexibility index (Phi) is 3.13. The second kappa shape index (κ2) is 4.56. The van der Waals surface area contributed by atoms with E-state index in [1.54, 1.807) is 0 Å². The van der Waals surface area contributed by atoms with Crippen molar-refractivity contribution < 1.29 is 9.90 Å². The van der Waals surface area contributed by atoms with Gasteiger partial charge >= 0.3 is 5.97 Å². The number of nitrogens with one attached hydrogen (secondary N) is 1. The molecule has 0 saturated heterocycles. The molecule has 0 bridgehead atoms. The molecule has 1 aliphatic carbocycles. The SMILES string of the molecule is Cc1cccc(NC2CCCC2)c1C(=O)O. The summed E-state index contributed by atoms with van der Waals surface area (Å²) in [6, 6.07) is 6.04. The number of benzene rings is 1. The van der Waals surface area contributed by atoms with E-state index in [4.69, 9.17) is 0 Å². The van der Waals surface area contributed by atoms with Crippen molar-refractivity contribution in [2.24, 2.45) is 0 Å². The molecule has 0 aromatic heterocycles. The first-order chi connectivity index (χ1) is 7.68. The minimum atomic E-state index is -0.849. The normalized spacial score (nSPS) is 16.3. The fraction of sp³-hybridized carbons (Fsp3) is 0.462. The van der Waals surface area contributed by atoms with Crippen LogP contribution in [0.4, 0.5) is 5.69 Å². The Morgan fingerprint density at radius 1 is 1.38 bits per heavy atom. The number of carboxylic acids is 1. The van der Waals surface area contributed by atoms with Crippen molar-refractivity contribution in [2.75, 3.05) is 5.32 Å². The maximum Gasteiger partial charge on any atom is 0.338 e. The third-order valence-corrected chi connectivity index (χ3v) is 3.20. The van der Waals surface area contributed by atoms with Crippen LogP contribution in [0.1, 0.15) is 41.6 Å². The monoisotopic (exact) mass is 219 g/mol. The summed E-state index contributed by atoms with van der Waals surface area (Å²) in [5.41, 5.74) is 1.99. The minimum Gasteiger partial charge on any atom is -0.478 e. The summed E-state index contributed by atoms with van der Waals surface area (Å²) in [4.78, 5) is 11.2. The van der Waals surface area contributed by atoms with Crippen molar-refractivity contribution in [3.63, 3.8) is 0 Å². The van der Waals surface area contributed by atoms with Gasteiger partial charge in [-0.3, -0.25) is 0 Å². The molecule has 1 aliphatic rings. The summed E-state index contributed by atoms with van der Waals surface area (Å²) in [6.07, 6.45) is 4.78. The maximum atomic E-state index is 11.2. The summed E-state index contributed by atoms with van der Waals surface area (Å²) >= 11 is 0. The van der Waals surface area contributed by atoms with Gasteiger partial charge in [0.15, 0.2) is 0 Å². The van der Waals surface area contributed by atoms with E-state index < -0.39 is 5.97 Å². The van der Waals surface area contributed by atoms with Crippen LogP contribution in [0.15, 0.2) is 18.2 Å². The van der Waals surface area contributed by atoms with Gasteiger partial charge in [-0.2, -0.15) is 0 Å². The smallest absolute Gasteiger partial charge is 0.338 e. The molecular formula is C13H17NO2. The van der Waals surface area contributed by atoms with Gasteiger partial charge < -0.3 is 10.4 Å². The van der Waals surface area contributed by atoms with Crippen LogP contribution in [-0.4, -0.2) is 17.1 Å². The number of hydrogen-bond donors (Lipinski definition) is 2. The molecule has 3 nitrogen and oxygen atoms in total. The molecule has 0 amide bonds. The van der Waals surface area contributed by atoms with Crippen molar-refractivity contribution in [2.45, 2.75) is 38.6 Å². The molecule has 1 saturated carbocycles. The zero-order valence-corrected chi connectivity index (χ0v) is 9.49. The molecule has 1 aromatic rings. The molecule has 3 heteroatoms. The molecule has 0 spiro atoms. The average Bonchev–Trinajstić information content (AvgIpc) is 2.70. The molecule has 16 heavy (non-hydrogen) atoms. The Morgan fingerprint density at radius 2 is 2.06 bits per heavy atom. The summed E-state index contributed by atoms with van der Waals surface area (Å²) in [5.74, 6) is -0.849. The van der Waals surface area contributed by atoms with Gasteiger partial charge in [0, 0.05) is 11.7 Å². The number of aromatic carboxylic acids is 1. The van der Waals surface area contributed by atoms with E-state index in [9.17, 15) is 9.90 Å². The maximum absolute atomic E-state index is 11.2. The van der Waals surface area contributed by atoms with Gasteiger partial charge in [-0.25, -0.2) is 4.79 Å². The van der Waals surface area contributed by atoms with Gasteiger partial charge in [-0.05, 0) is 31.4 Å². The van der Waals surface area contributed by atoms with E-state index in [1.165, 1.54) is 12.8 Å². The summed E-state index contributed by atoms with van der Waals surface area (Å²) in [6.45, 7) is 1.84. The summed E-state index contributed by atoms with van der Waals surface area (Å²) < 4.78 is 0. The standard InChI is InChI=1S/C13H17NO2/c1-9-5-4-8-11(12(9)13(15)16)14-10-6-2-3-7-10/h4-5,8,10,14H,2-3,6-7H2,1H3,(H,15,16). The number of carbonyl (C=O) groups is 1. The van der Waals surface area contributed by atoms with Crippen LogP contribution in [-0.2, 0) is 0 Å². The lowest BCUT2D eigenvalue weighted by molar-refractivity contribution is 0.0697. The number of anilines is 1. The van der Waals surface area contributed by atoms with Crippen LogP contribution in [0, 0.1) is 6.92 Å². The van der Waals surface area contributed by atoms with Gasteiger partial charge in [0.05, 0.1) is 5.56 Å². The first-order valence-corrected chi connectivity index (χ1v) is 5.78. The van der Waals surface area contributed by atoms with E-state index in [2.05, 4.69) is 5.32 Å². The lowest BCUT2D eigenvalue weighted by Crippen LogP contribution is -2.17. The molecule has 0 atom stereocenters. The highest BCUT2D eigenvalue weighted by atomic mass is 16.4. The highest BCUT2D eigenvalue weighted by Gasteiger charge is 2.18. The van der Waals surface area contributed by atoms with E-state index in [1.807, 2.05) is 25.1 Å². The van der Waals surface area contributed by atoms with Gasteiger partial charge in [-0.15, -0.1) is 0 Å². The van der Waals surface area contributed by atoms with Crippen LogP contribution in [0.25, 0.3) is 0 Å². The molecule has 2 rings (SSSR count). The minimum absolute atomic E-state index is 0.411. The third-order valence-electron chi connectivity index (χ3n) is 3.20. The zero-order valence-electron chi connectivity index (χ0n) is 9.49. The highest BCUT2D eigenvalue weighted by Crippen LogP contribution is 2.25. The molecule has 0 aliphatic heterocycles. The fourth-order valence-electron chi connectivity index (χ4n) is 2.36. The van der Waals surface area contributed by atoms with Crippen molar-refractivity contribution in [3.8, 4) is 0 Å². The predicted octanol–water partition coefficient (Wildman–Crippen LogP) is 3.05. The molecule has 1 fully saturated rings. The molecule has 0 heterocycles. The van der Waals surface area contributed by atoms with E-state index in [0.717, 1.165) is 24.1 Å². The van der Waals surface area contributed by atoms with E-state index in [0.29, 0.717) is 11.6 Å². The van der Waals surface area contributed by atoms with Crippen LogP contribution in [0.2, 0.25) is 0 Å². The van der Waals surface area contributed by atoms with Crippen LogP contribution < -0.4 is 5.32 Å². The highest BCUT2D eigenvalue weighted by molar-refractivity contribution is 5.95. The summed E-state index contributed by atoms with van der Waals surface area (Å²) in [5, 5.41) is 12.5. The van der Waals surface area contributed by atoms with Crippen molar-refractivity contribution in [1.29, 1.82) is 0 Å². The topological polar surface area (TPSA) is 49.3 Å². The Hall–Kier alpha value is -1.51. The van der Waals surface area contributed by atoms with Crippen LogP contribution in [0.3, 0.4) is 0 Å². The lowest BCUT2D eigenvalue weighted by Gasteiger charge is -2.16. The quantitative estimate of drug-likeness (QED) is 0.821. The third kappa shape index (κ3) is 2.18. The Labute approximate surface area is 95.5 Å². The first kappa shape index (κ1) is 11.0. The molecule has 0 unspecified atom stereocenters. The van der Waals surface area contributed by atoms with E-state index in [-0.39, 0.29) is 0 Å². The van der Waals surface area contributed by atoms with Gasteiger partial charge in [-0.1, -0.05) is 25.0 Å².